The first-order valence-corrected chi connectivity index (χ1v) is 7.99. The monoisotopic (exact) mass is 383 g/mol. The Labute approximate surface area is 158 Å². The van der Waals surface area contributed by atoms with Crippen LogP contribution in [0.2, 0.25) is 5.02 Å². The number of hydrogen-bond acceptors (Lipinski definition) is 5. The van der Waals surface area contributed by atoms with Crippen LogP contribution in [0, 0.1) is 17.1 Å². The van der Waals surface area contributed by atoms with Crippen LogP contribution in [0.15, 0.2) is 53.2 Å². The van der Waals surface area contributed by atoms with Crippen molar-refractivity contribution in [1.82, 2.24) is 5.16 Å². The molecule has 2 N–H and O–H groups in total. The zero-order chi connectivity index (χ0) is 19.4. The van der Waals surface area contributed by atoms with Gasteiger partial charge in [-0.1, -0.05) is 22.8 Å². The van der Waals surface area contributed by atoms with Gasteiger partial charge in [0, 0.05) is 18.0 Å². The van der Waals surface area contributed by atoms with Gasteiger partial charge in [0.1, 0.15) is 23.1 Å². The van der Waals surface area contributed by atoms with Gasteiger partial charge in [-0.05, 0) is 36.4 Å². The van der Waals surface area contributed by atoms with Crippen LogP contribution in [0.4, 0.5) is 10.1 Å². The summed E-state index contributed by atoms with van der Waals surface area (Å²) in [6, 6.07) is 12.2. The summed E-state index contributed by atoms with van der Waals surface area (Å²) in [4.78, 5) is 10.8. The molecule has 8 heteroatoms. The zero-order valence-corrected chi connectivity index (χ0v) is 14.4. The van der Waals surface area contributed by atoms with Gasteiger partial charge in [0.05, 0.1) is 16.1 Å². The number of hydrogen-bond donors (Lipinski definition) is 2. The minimum Gasteiger partial charge on any atom is -0.478 e. The molecular weight excluding hydrogens is 373 g/mol. The lowest BCUT2D eigenvalue weighted by Crippen LogP contribution is -1.96. The molecule has 0 unspecified atom stereocenters. The normalized spacial score (nSPS) is 10.7. The quantitative estimate of drug-likeness (QED) is 0.657. The zero-order valence-electron chi connectivity index (χ0n) is 13.6. The fourth-order valence-corrected chi connectivity index (χ4v) is 2.59. The van der Waals surface area contributed by atoms with E-state index in [1.54, 1.807) is 12.1 Å². The number of carboxylic acid groups (broad SMARTS) is 1. The summed E-state index contributed by atoms with van der Waals surface area (Å²) >= 11 is 6.02. The summed E-state index contributed by atoms with van der Waals surface area (Å²) in [6.45, 7) is 0. The van der Waals surface area contributed by atoms with Crippen molar-refractivity contribution in [1.29, 1.82) is 5.26 Å². The fourth-order valence-electron chi connectivity index (χ4n) is 2.34. The highest BCUT2D eigenvalue weighted by molar-refractivity contribution is 6.33. The van der Waals surface area contributed by atoms with Crippen LogP contribution in [0.3, 0.4) is 0 Å². The Balaban J connectivity index is 1.84. The number of benzene rings is 2. The van der Waals surface area contributed by atoms with Gasteiger partial charge in [-0.2, -0.15) is 5.26 Å². The number of nitriles is 1. The van der Waals surface area contributed by atoms with Gasteiger partial charge in [0.15, 0.2) is 5.76 Å². The van der Waals surface area contributed by atoms with Crippen molar-refractivity contribution < 1.29 is 18.8 Å². The lowest BCUT2D eigenvalue weighted by atomic mass is 10.1. The smallest absolute Gasteiger partial charge is 0.335 e. The van der Waals surface area contributed by atoms with Crippen molar-refractivity contribution in [3.05, 3.63) is 76.4 Å². The number of nitrogens with one attached hydrogen (secondary N) is 1. The van der Waals surface area contributed by atoms with E-state index in [-0.39, 0.29) is 33.2 Å². The highest BCUT2D eigenvalue weighted by atomic mass is 35.5. The minimum absolute atomic E-state index is 0.00339. The van der Waals surface area contributed by atoms with Crippen LogP contribution in [0.25, 0.3) is 17.3 Å². The van der Waals surface area contributed by atoms with E-state index >= 15 is 0 Å². The molecule has 3 aromatic rings. The first-order chi connectivity index (χ1) is 13.0. The van der Waals surface area contributed by atoms with Crippen LogP contribution in [-0.2, 0) is 0 Å². The Hall–Kier alpha value is -3.63. The predicted molar refractivity (Wildman–Crippen MR) is 97.7 cm³/mol. The third-order valence-electron chi connectivity index (χ3n) is 3.65. The van der Waals surface area contributed by atoms with E-state index in [2.05, 4.69) is 10.5 Å². The van der Waals surface area contributed by atoms with Crippen LogP contribution in [0.1, 0.15) is 21.7 Å². The third kappa shape index (κ3) is 3.81. The second kappa shape index (κ2) is 7.72. The molecule has 2 aromatic carbocycles. The van der Waals surface area contributed by atoms with Gasteiger partial charge in [0.2, 0.25) is 0 Å². The Morgan fingerprint density at radius 2 is 2.04 bits per heavy atom. The van der Waals surface area contributed by atoms with Crippen molar-refractivity contribution >= 4 is 29.3 Å². The number of halogens is 2. The Kier molecular flexibility index (Phi) is 5.20. The van der Waals surface area contributed by atoms with Gasteiger partial charge < -0.3 is 14.9 Å². The van der Waals surface area contributed by atoms with E-state index < -0.39 is 11.8 Å². The number of anilines is 1. The van der Waals surface area contributed by atoms with Crippen LogP contribution < -0.4 is 5.32 Å². The Morgan fingerprint density at radius 1 is 1.30 bits per heavy atom. The number of aromatic carboxylic acids is 1. The molecule has 0 amide bonds. The highest BCUT2D eigenvalue weighted by Crippen LogP contribution is 2.33. The van der Waals surface area contributed by atoms with Crippen LogP contribution >= 0.6 is 11.6 Å². The van der Waals surface area contributed by atoms with E-state index in [1.165, 1.54) is 42.6 Å². The van der Waals surface area contributed by atoms with Crippen LogP contribution in [0.5, 0.6) is 0 Å². The molecule has 134 valence electrons. The second-order valence-corrected chi connectivity index (χ2v) is 5.75. The molecule has 0 fully saturated rings. The lowest BCUT2D eigenvalue weighted by Gasteiger charge is -2.02. The number of nitrogens with zero attached hydrogens (tertiary/aromatic N) is 2. The molecule has 1 heterocycles. The molecule has 0 aliphatic rings. The van der Waals surface area contributed by atoms with Gasteiger partial charge in [0.25, 0.3) is 0 Å². The number of aromatic nitrogens is 1. The summed E-state index contributed by atoms with van der Waals surface area (Å²) in [5, 5.41) is 25.1. The van der Waals surface area contributed by atoms with E-state index in [0.717, 1.165) is 0 Å². The molecule has 3 rings (SSSR count). The largest absolute Gasteiger partial charge is 0.478 e. The maximum Gasteiger partial charge on any atom is 0.335 e. The molecule has 0 saturated carbocycles. The van der Waals surface area contributed by atoms with Crippen molar-refractivity contribution in [3.63, 3.8) is 0 Å². The molecule has 0 saturated heterocycles. The van der Waals surface area contributed by atoms with Crippen molar-refractivity contribution in [2.45, 2.75) is 0 Å². The molecule has 0 atom stereocenters. The van der Waals surface area contributed by atoms with Gasteiger partial charge >= 0.3 is 5.97 Å². The maximum atomic E-state index is 14.1. The molecule has 0 radical (unpaired) electrons. The summed E-state index contributed by atoms with van der Waals surface area (Å²) < 4.78 is 19.2. The lowest BCUT2D eigenvalue weighted by molar-refractivity contribution is 0.0697. The maximum absolute atomic E-state index is 14.1. The number of carboxylic acids is 1. The van der Waals surface area contributed by atoms with Gasteiger partial charge in [-0.15, -0.1) is 0 Å². The first kappa shape index (κ1) is 18.2. The van der Waals surface area contributed by atoms with E-state index in [1.807, 2.05) is 6.07 Å². The van der Waals surface area contributed by atoms with Crippen molar-refractivity contribution in [2.75, 3.05) is 5.32 Å². The van der Waals surface area contributed by atoms with Gasteiger partial charge in [-0.25, -0.2) is 9.18 Å². The highest BCUT2D eigenvalue weighted by Gasteiger charge is 2.21. The van der Waals surface area contributed by atoms with Crippen molar-refractivity contribution in [3.8, 4) is 17.3 Å². The Morgan fingerprint density at radius 3 is 2.67 bits per heavy atom. The first-order valence-electron chi connectivity index (χ1n) is 7.62. The molecule has 0 spiro atoms. The number of carbonyl (C=O) groups is 1. The molecule has 0 aliphatic carbocycles. The van der Waals surface area contributed by atoms with E-state index in [9.17, 15) is 14.4 Å². The summed E-state index contributed by atoms with van der Waals surface area (Å²) in [7, 11) is 0. The average molecular weight is 384 g/mol. The second-order valence-electron chi connectivity index (χ2n) is 5.34. The molecule has 0 aliphatic heterocycles. The standard InChI is InChI=1S/C19H11ClFN3O3/c20-14-2-1-3-15(21)17(14)18-13(10-22)16(27-24-18)8-9-23-12-6-4-11(5-7-12)19(25)26/h1-9,23H,(H,25,26)/b9-8+. The molecular formula is C19H11ClFN3O3. The molecule has 1 aromatic heterocycles. The topological polar surface area (TPSA) is 99.2 Å². The molecule has 0 bridgehead atoms. The van der Waals surface area contributed by atoms with Crippen LogP contribution in [-0.4, -0.2) is 16.2 Å². The summed E-state index contributed by atoms with van der Waals surface area (Å²) in [6.07, 6.45) is 2.94. The minimum atomic E-state index is -1.02. The Bertz CT molecular complexity index is 1050. The summed E-state index contributed by atoms with van der Waals surface area (Å²) in [5.74, 6) is -1.50. The SMILES string of the molecule is N#Cc1c(-c2c(F)cccc2Cl)noc1/C=C/Nc1ccc(C(=O)O)cc1. The van der Waals surface area contributed by atoms with E-state index in [0.29, 0.717) is 5.69 Å². The summed E-state index contributed by atoms with van der Waals surface area (Å²) in [5.41, 5.74) is 0.855. The van der Waals surface area contributed by atoms with E-state index in [4.69, 9.17) is 21.2 Å². The number of rotatable bonds is 5. The van der Waals surface area contributed by atoms with Gasteiger partial charge in [-0.3, -0.25) is 0 Å². The third-order valence-corrected chi connectivity index (χ3v) is 3.96. The average Bonchev–Trinajstić information content (AvgIpc) is 3.04. The fraction of sp³-hybridized carbons (Fsp3) is 0. The molecule has 6 nitrogen and oxygen atoms in total. The van der Waals surface area contributed by atoms with Crippen molar-refractivity contribution in [2.24, 2.45) is 0 Å². The molecule has 27 heavy (non-hydrogen) atoms. The predicted octanol–water partition coefficient (Wildman–Crippen LogP) is 4.79.